The first-order chi connectivity index (χ1) is 9.28. The van der Waals surface area contributed by atoms with E-state index in [0.717, 1.165) is 24.2 Å². The number of anilines is 1. The van der Waals surface area contributed by atoms with Gasteiger partial charge in [-0.3, -0.25) is 0 Å². The van der Waals surface area contributed by atoms with Gasteiger partial charge >= 0.3 is 0 Å². The lowest BCUT2D eigenvalue weighted by Crippen LogP contribution is -2.30. The molecule has 0 aliphatic heterocycles. The minimum atomic E-state index is 0.313. The van der Waals surface area contributed by atoms with Crippen molar-refractivity contribution in [2.45, 2.75) is 38.3 Å². The van der Waals surface area contributed by atoms with Gasteiger partial charge < -0.3 is 10.1 Å². The fourth-order valence-corrected chi connectivity index (χ4v) is 2.92. The Hall–Kier alpha value is -1.61. The van der Waals surface area contributed by atoms with Crippen molar-refractivity contribution < 1.29 is 4.74 Å². The maximum Gasteiger partial charge on any atom is 0.129 e. The molecule has 3 rings (SSSR count). The van der Waals surface area contributed by atoms with Crippen molar-refractivity contribution in [2.24, 2.45) is 0 Å². The summed E-state index contributed by atoms with van der Waals surface area (Å²) in [6, 6.07) is 10.8. The zero-order chi connectivity index (χ0) is 13.2. The van der Waals surface area contributed by atoms with Gasteiger partial charge in [-0.25, -0.2) is 4.98 Å². The number of pyridine rings is 1. The van der Waals surface area contributed by atoms with E-state index in [9.17, 15) is 0 Å². The van der Waals surface area contributed by atoms with Crippen LogP contribution in [0.1, 0.15) is 24.8 Å². The molecule has 3 heteroatoms. The van der Waals surface area contributed by atoms with Gasteiger partial charge in [0, 0.05) is 12.5 Å². The molecule has 0 radical (unpaired) electrons. The van der Waals surface area contributed by atoms with Gasteiger partial charge in [0.05, 0.1) is 17.7 Å². The normalized spacial score (nSPS) is 22.8. The van der Waals surface area contributed by atoms with E-state index < -0.39 is 0 Å². The molecule has 2 unspecified atom stereocenters. The molecule has 100 valence electrons. The highest BCUT2D eigenvalue weighted by Crippen LogP contribution is 2.27. The first kappa shape index (κ1) is 12.4. The second kappa shape index (κ2) is 5.17. The van der Waals surface area contributed by atoms with Gasteiger partial charge in [0.2, 0.25) is 0 Å². The van der Waals surface area contributed by atoms with Crippen LogP contribution < -0.4 is 5.32 Å². The largest absolute Gasteiger partial charge is 0.379 e. The summed E-state index contributed by atoms with van der Waals surface area (Å²) in [4.78, 5) is 4.74. The fourth-order valence-electron chi connectivity index (χ4n) is 2.92. The van der Waals surface area contributed by atoms with E-state index in [2.05, 4.69) is 36.5 Å². The maximum atomic E-state index is 5.53. The van der Waals surface area contributed by atoms with E-state index >= 15 is 0 Å². The molecular formula is C16H20N2O. The molecule has 1 N–H and O–H groups in total. The summed E-state index contributed by atoms with van der Waals surface area (Å²) in [6.45, 7) is 2.11. The third-order valence-corrected chi connectivity index (χ3v) is 3.99. The molecule has 1 saturated carbocycles. The molecule has 1 aliphatic rings. The zero-order valence-electron chi connectivity index (χ0n) is 11.5. The minimum Gasteiger partial charge on any atom is -0.379 e. The van der Waals surface area contributed by atoms with Crippen molar-refractivity contribution in [3.8, 4) is 0 Å². The molecule has 1 aliphatic carbocycles. The molecular weight excluding hydrogens is 236 g/mol. The Kier molecular flexibility index (Phi) is 3.38. The number of para-hydroxylation sites is 1. The molecule has 1 heterocycles. The van der Waals surface area contributed by atoms with Crippen LogP contribution in [0.25, 0.3) is 10.9 Å². The van der Waals surface area contributed by atoms with E-state index in [4.69, 9.17) is 9.72 Å². The second-order valence-electron chi connectivity index (χ2n) is 5.30. The van der Waals surface area contributed by atoms with Gasteiger partial charge in [-0.1, -0.05) is 18.2 Å². The molecule has 0 saturated heterocycles. The second-order valence-corrected chi connectivity index (χ2v) is 5.30. The summed E-state index contributed by atoms with van der Waals surface area (Å²) in [5.41, 5.74) is 2.24. The van der Waals surface area contributed by atoms with Crippen molar-refractivity contribution >= 4 is 16.7 Å². The van der Waals surface area contributed by atoms with Gasteiger partial charge in [0.25, 0.3) is 0 Å². The number of fused-ring (bicyclic) bond motifs is 1. The predicted molar refractivity (Wildman–Crippen MR) is 78.5 cm³/mol. The van der Waals surface area contributed by atoms with Crippen LogP contribution >= 0.6 is 0 Å². The number of aryl methyl sites for hydroxylation is 1. The summed E-state index contributed by atoms with van der Waals surface area (Å²) in [6.07, 6.45) is 3.84. The number of rotatable bonds is 3. The summed E-state index contributed by atoms with van der Waals surface area (Å²) in [7, 11) is 1.80. The highest BCUT2D eigenvalue weighted by Gasteiger charge is 2.27. The van der Waals surface area contributed by atoms with E-state index in [0.29, 0.717) is 12.1 Å². The summed E-state index contributed by atoms with van der Waals surface area (Å²) in [5.74, 6) is 0.993. The molecule has 1 aromatic carbocycles. The first-order valence-electron chi connectivity index (χ1n) is 6.93. The highest BCUT2D eigenvalue weighted by atomic mass is 16.5. The van der Waals surface area contributed by atoms with Crippen molar-refractivity contribution in [3.05, 3.63) is 35.9 Å². The van der Waals surface area contributed by atoms with Crippen LogP contribution in [0.4, 0.5) is 5.82 Å². The van der Waals surface area contributed by atoms with Gasteiger partial charge in [0.15, 0.2) is 0 Å². The van der Waals surface area contributed by atoms with Gasteiger partial charge in [-0.15, -0.1) is 0 Å². The number of nitrogens with one attached hydrogen (secondary N) is 1. The van der Waals surface area contributed by atoms with Crippen molar-refractivity contribution in [1.29, 1.82) is 0 Å². The zero-order valence-corrected chi connectivity index (χ0v) is 11.5. The number of aromatic nitrogens is 1. The molecule has 0 spiro atoms. The summed E-state index contributed by atoms with van der Waals surface area (Å²) in [5, 5.41) is 4.76. The smallest absolute Gasteiger partial charge is 0.129 e. The van der Waals surface area contributed by atoms with Crippen LogP contribution in [0.5, 0.6) is 0 Å². The lowest BCUT2D eigenvalue weighted by molar-refractivity contribution is 0.101. The monoisotopic (exact) mass is 256 g/mol. The molecule has 0 amide bonds. The molecule has 19 heavy (non-hydrogen) atoms. The molecule has 2 atom stereocenters. The van der Waals surface area contributed by atoms with Crippen LogP contribution in [0, 0.1) is 6.92 Å². The van der Waals surface area contributed by atoms with Crippen LogP contribution in [-0.4, -0.2) is 24.2 Å². The molecule has 1 fully saturated rings. The average molecular weight is 256 g/mol. The Morgan fingerprint density at radius 2 is 2.11 bits per heavy atom. The Labute approximate surface area is 114 Å². The Balaban J connectivity index is 1.90. The SMILES string of the molecule is COC1CCCC1Nc1nc2ccccc2cc1C. The fraction of sp³-hybridized carbons (Fsp3) is 0.438. The maximum absolute atomic E-state index is 5.53. The Morgan fingerprint density at radius 3 is 2.95 bits per heavy atom. The first-order valence-corrected chi connectivity index (χ1v) is 6.93. The van der Waals surface area contributed by atoms with Crippen LogP contribution in [-0.2, 0) is 4.74 Å². The third kappa shape index (κ3) is 2.43. The standard InChI is InChI=1S/C16H20N2O/c1-11-10-12-6-3-4-7-13(12)17-16(11)18-14-8-5-9-15(14)19-2/h3-4,6-7,10,14-15H,5,8-9H2,1-2H3,(H,17,18). The lowest BCUT2D eigenvalue weighted by Gasteiger charge is -2.21. The minimum absolute atomic E-state index is 0.313. The number of hydrogen-bond acceptors (Lipinski definition) is 3. The van der Waals surface area contributed by atoms with Crippen molar-refractivity contribution in [2.75, 3.05) is 12.4 Å². The van der Waals surface area contributed by atoms with Gasteiger partial charge in [-0.05, 0) is 43.9 Å². The van der Waals surface area contributed by atoms with Crippen molar-refractivity contribution in [3.63, 3.8) is 0 Å². The van der Waals surface area contributed by atoms with E-state index in [1.54, 1.807) is 7.11 Å². The van der Waals surface area contributed by atoms with Crippen LogP contribution in [0.2, 0.25) is 0 Å². The molecule has 3 nitrogen and oxygen atoms in total. The van der Waals surface area contributed by atoms with Gasteiger partial charge in [0.1, 0.15) is 5.82 Å². The summed E-state index contributed by atoms with van der Waals surface area (Å²) < 4.78 is 5.53. The molecule has 1 aromatic heterocycles. The molecule has 2 aromatic rings. The molecule has 0 bridgehead atoms. The van der Waals surface area contributed by atoms with E-state index in [-0.39, 0.29) is 0 Å². The number of ether oxygens (including phenoxy) is 1. The predicted octanol–water partition coefficient (Wildman–Crippen LogP) is 3.52. The number of hydrogen-bond donors (Lipinski definition) is 1. The van der Waals surface area contributed by atoms with Crippen LogP contribution in [0.15, 0.2) is 30.3 Å². The highest BCUT2D eigenvalue weighted by molar-refractivity contribution is 5.81. The summed E-state index contributed by atoms with van der Waals surface area (Å²) >= 11 is 0. The quantitative estimate of drug-likeness (QED) is 0.912. The Morgan fingerprint density at radius 1 is 1.26 bits per heavy atom. The van der Waals surface area contributed by atoms with Crippen molar-refractivity contribution in [1.82, 2.24) is 4.98 Å². The third-order valence-electron chi connectivity index (χ3n) is 3.99. The number of methoxy groups -OCH3 is 1. The number of nitrogens with zero attached hydrogens (tertiary/aromatic N) is 1. The lowest BCUT2D eigenvalue weighted by atomic mass is 10.1. The van der Waals surface area contributed by atoms with E-state index in [1.807, 2.05) is 6.07 Å². The van der Waals surface area contributed by atoms with Gasteiger partial charge in [-0.2, -0.15) is 0 Å². The van der Waals surface area contributed by atoms with E-state index in [1.165, 1.54) is 17.4 Å². The average Bonchev–Trinajstić information content (AvgIpc) is 2.87. The topological polar surface area (TPSA) is 34.1 Å². The Bertz CT molecular complexity index is 582. The number of benzene rings is 1. The van der Waals surface area contributed by atoms with Crippen LogP contribution in [0.3, 0.4) is 0 Å².